The van der Waals surface area contributed by atoms with Crippen LogP contribution in [0.5, 0.6) is 0 Å². The first-order valence-corrected chi connectivity index (χ1v) is 6.81. The number of carboxylic acid groups (broad SMARTS) is 1. The fraction of sp³-hybridized carbons (Fsp3) is 0.294. The number of carboxylic acids is 1. The van der Waals surface area contributed by atoms with Crippen LogP contribution >= 0.6 is 0 Å². The molecule has 1 heterocycles. The molecule has 0 saturated heterocycles. The van der Waals surface area contributed by atoms with Crippen LogP contribution < -0.4 is 0 Å². The number of pyridine rings is 1. The molecule has 0 fully saturated rings. The average Bonchev–Trinajstić information content (AvgIpc) is 2.45. The Morgan fingerprint density at radius 3 is 2.55 bits per heavy atom. The minimum atomic E-state index is -0.762. The molecule has 0 saturated carbocycles. The van der Waals surface area contributed by atoms with Crippen molar-refractivity contribution in [2.75, 3.05) is 0 Å². The molecule has 0 amide bonds. The zero-order chi connectivity index (χ0) is 14.5. The number of aliphatic carboxylic acids is 1. The molecule has 104 valence electrons. The minimum Gasteiger partial charge on any atom is -0.481 e. The second-order valence-electron chi connectivity index (χ2n) is 5.39. The molecule has 1 aromatic heterocycles. The molecule has 0 unspecified atom stereocenters. The van der Waals surface area contributed by atoms with Gasteiger partial charge in [-0.15, -0.1) is 0 Å². The number of benzene rings is 1. The summed E-state index contributed by atoms with van der Waals surface area (Å²) in [6, 6.07) is 11.6. The van der Waals surface area contributed by atoms with E-state index < -0.39 is 11.9 Å². The highest BCUT2D eigenvalue weighted by molar-refractivity contribution is 5.77. The fourth-order valence-corrected chi connectivity index (χ4v) is 2.32. The molecule has 3 nitrogen and oxygen atoms in total. The Morgan fingerprint density at radius 2 is 1.95 bits per heavy atom. The van der Waals surface area contributed by atoms with Crippen LogP contribution in [0, 0.1) is 5.92 Å². The van der Waals surface area contributed by atoms with E-state index in [1.165, 1.54) is 0 Å². The fourth-order valence-electron chi connectivity index (χ4n) is 2.32. The number of nitrogens with zero attached hydrogens (tertiary/aromatic N) is 1. The van der Waals surface area contributed by atoms with E-state index in [0.29, 0.717) is 12.3 Å². The quantitative estimate of drug-likeness (QED) is 0.893. The molecule has 0 aliphatic rings. The van der Waals surface area contributed by atoms with Gasteiger partial charge in [0.25, 0.3) is 0 Å². The summed E-state index contributed by atoms with van der Waals surface area (Å²) in [7, 11) is 0. The molecule has 0 bridgehead atoms. The van der Waals surface area contributed by atoms with Crippen LogP contribution in [-0.4, -0.2) is 16.1 Å². The molecule has 1 aromatic carbocycles. The Bertz CT molecular complexity index is 579. The van der Waals surface area contributed by atoms with Crippen LogP contribution in [-0.2, 0) is 4.79 Å². The normalized spacial score (nSPS) is 12.3. The maximum Gasteiger partial charge on any atom is 0.310 e. The van der Waals surface area contributed by atoms with Crippen LogP contribution in [0.25, 0.3) is 11.1 Å². The van der Waals surface area contributed by atoms with E-state index in [4.69, 9.17) is 0 Å². The van der Waals surface area contributed by atoms with Crippen molar-refractivity contribution in [2.24, 2.45) is 5.92 Å². The lowest BCUT2D eigenvalue weighted by molar-refractivity contribution is -0.139. The van der Waals surface area contributed by atoms with Crippen molar-refractivity contribution in [3.8, 4) is 11.1 Å². The van der Waals surface area contributed by atoms with Gasteiger partial charge in [-0.25, -0.2) is 0 Å². The number of hydrogen-bond acceptors (Lipinski definition) is 2. The molecular weight excluding hydrogens is 250 g/mol. The van der Waals surface area contributed by atoms with Crippen LogP contribution in [0.3, 0.4) is 0 Å². The Kier molecular flexibility index (Phi) is 4.51. The van der Waals surface area contributed by atoms with Crippen molar-refractivity contribution in [1.82, 2.24) is 4.98 Å². The summed E-state index contributed by atoms with van der Waals surface area (Å²) in [5.74, 6) is -0.869. The summed E-state index contributed by atoms with van der Waals surface area (Å²) < 4.78 is 0. The zero-order valence-corrected chi connectivity index (χ0v) is 11.8. The van der Waals surface area contributed by atoms with Crippen molar-refractivity contribution in [1.29, 1.82) is 0 Å². The van der Waals surface area contributed by atoms with E-state index in [1.54, 1.807) is 12.4 Å². The molecule has 20 heavy (non-hydrogen) atoms. The van der Waals surface area contributed by atoms with E-state index in [1.807, 2.05) is 50.2 Å². The topological polar surface area (TPSA) is 50.2 Å². The third-order valence-electron chi connectivity index (χ3n) is 3.29. The SMILES string of the molecule is CC(C)C[C@@H](C(=O)O)c1cccc(-c2cccnc2)c1. The lowest BCUT2D eigenvalue weighted by Crippen LogP contribution is -2.14. The molecule has 2 rings (SSSR count). The molecule has 1 atom stereocenters. The first-order chi connectivity index (χ1) is 9.58. The van der Waals surface area contributed by atoms with Crippen molar-refractivity contribution >= 4 is 5.97 Å². The number of aromatic nitrogens is 1. The number of carbonyl (C=O) groups is 1. The van der Waals surface area contributed by atoms with E-state index in [-0.39, 0.29) is 0 Å². The van der Waals surface area contributed by atoms with Crippen molar-refractivity contribution in [3.05, 3.63) is 54.4 Å². The molecule has 0 radical (unpaired) electrons. The predicted molar refractivity (Wildman–Crippen MR) is 79.5 cm³/mol. The summed E-state index contributed by atoms with van der Waals surface area (Å²) in [6.45, 7) is 4.09. The highest BCUT2D eigenvalue weighted by Gasteiger charge is 2.21. The van der Waals surface area contributed by atoms with Gasteiger partial charge in [0.05, 0.1) is 5.92 Å². The number of rotatable bonds is 5. The van der Waals surface area contributed by atoms with E-state index in [2.05, 4.69) is 4.98 Å². The second kappa shape index (κ2) is 6.33. The molecular formula is C17H19NO2. The number of hydrogen-bond donors (Lipinski definition) is 1. The Labute approximate surface area is 119 Å². The maximum atomic E-state index is 11.5. The van der Waals surface area contributed by atoms with Crippen molar-refractivity contribution in [2.45, 2.75) is 26.2 Å². The van der Waals surface area contributed by atoms with Gasteiger partial charge in [-0.3, -0.25) is 9.78 Å². The van der Waals surface area contributed by atoms with Gasteiger partial charge in [-0.05, 0) is 35.1 Å². The maximum absolute atomic E-state index is 11.5. The second-order valence-corrected chi connectivity index (χ2v) is 5.39. The Morgan fingerprint density at radius 1 is 1.20 bits per heavy atom. The van der Waals surface area contributed by atoms with Crippen LogP contribution in [0.4, 0.5) is 0 Å². The molecule has 0 aliphatic carbocycles. The van der Waals surface area contributed by atoms with Crippen LogP contribution in [0.15, 0.2) is 48.8 Å². The molecule has 1 N–H and O–H groups in total. The van der Waals surface area contributed by atoms with E-state index in [9.17, 15) is 9.90 Å². The first-order valence-electron chi connectivity index (χ1n) is 6.81. The Hall–Kier alpha value is -2.16. The summed E-state index contributed by atoms with van der Waals surface area (Å²) in [4.78, 5) is 15.6. The summed E-state index contributed by atoms with van der Waals surface area (Å²) in [5, 5.41) is 9.42. The summed E-state index contributed by atoms with van der Waals surface area (Å²) in [5.41, 5.74) is 2.86. The van der Waals surface area contributed by atoms with Crippen molar-refractivity contribution < 1.29 is 9.90 Å². The average molecular weight is 269 g/mol. The van der Waals surface area contributed by atoms with Gasteiger partial charge in [0.15, 0.2) is 0 Å². The van der Waals surface area contributed by atoms with E-state index >= 15 is 0 Å². The van der Waals surface area contributed by atoms with E-state index in [0.717, 1.165) is 16.7 Å². The largest absolute Gasteiger partial charge is 0.481 e. The van der Waals surface area contributed by atoms with Gasteiger partial charge < -0.3 is 5.11 Å². The monoisotopic (exact) mass is 269 g/mol. The van der Waals surface area contributed by atoms with Gasteiger partial charge in [-0.2, -0.15) is 0 Å². The smallest absolute Gasteiger partial charge is 0.310 e. The zero-order valence-electron chi connectivity index (χ0n) is 11.8. The summed E-state index contributed by atoms with van der Waals surface area (Å²) in [6.07, 6.45) is 4.16. The summed E-state index contributed by atoms with van der Waals surface area (Å²) >= 11 is 0. The van der Waals surface area contributed by atoms with Gasteiger partial charge in [-0.1, -0.05) is 44.2 Å². The molecule has 2 aromatic rings. The Balaban J connectivity index is 2.35. The molecule has 0 aliphatic heterocycles. The third-order valence-corrected chi connectivity index (χ3v) is 3.29. The van der Waals surface area contributed by atoms with Gasteiger partial charge in [0, 0.05) is 12.4 Å². The minimum absolute atomic E-state index is 0.346. The highest BCUT2D eigenvalue weighted by Crippen LogP contribution is 2.28. The van der Waals surface area contributed by atoms with Crippen LogP contribution in [0.1, 0.15) is 31.7 Å². The lowest BCUT2D eigenvalue weighted by Gasteiger charge is -2.16. The third kappa shape index (κ3) is 3.44. The van der Waals surface area contributed by atoms with Crippen molar-refractivity contribution in [3.63, 3.8) is 0 Å². The lowest BCUT2D eigenvalue weighted by atomic mass is 9.89. The standard InChI is InChI=1S/C17H19NO2/c1-12(2)9-16(17(19)20)14-6-3-5-13(10-14)15-7-4-8-18-11-15/h3-8,10-12,16H,9H2,1-2H3,(H,19,20)/t16-/m1/s1. The predicted octanol–water partition coefficient (Wildman–Crippen LogP) is 3.96. The van der Waals surface area contributed by atoms with Crippen LogP contribution in [0.2, 0.25) is 0 Å². The van der Waals surface area contributed by atoms with Gasteiger partial charge in [0.1, 0.15) is 0 Å². The molecule has 3 heteroatoms. The molecule has 0 spiro atoms. The van der Waals surface area contributed by atoms with Gasteiger partial charge in [0.2, 0.25) is 0 Å². The highest BCUT2D eigenvalue weighted by atomic mass is 16.4. The first kappa shape index (κ1) is 14.3. The van der Waals surface area contributed by atoms with Gasteiger partial charge >= 0.3 is 5.97 Å².